The molecule has 2 nitrogen and oxygen atoms in total. The highest BCUT2D eigenvalue weighted by Crippen LogP contribution is 2.36. The third kappa shape index (κ3) is 5.16. The molecule has 114 valence electrons. The van der Waals surface area contributed by atoms with Crippen LogP contribution in [0, 0.1) is 5.92 Å². The normalized spacial score (nSPS) is 12.8. The van der Waals surface area contributed by atoms with Crippen LogP contribution in [0.3, 0.4) is 0 Å². The molecule has 20 heavy (non-hydrogen) atoms. The van der Waals surface area contributed by atoms with E-state index < -0.39 is 0 Å². The number of halogens is 2. The molecule has 0 radical (unpaired) electrons. The molecule has 0 spiro atoms. The van der Waals surface area contributed by atoms with Gasteiger partial charge in [0.25, 0.3) is 0 Å². The first-order valence-corrected chi connectivity index (χ1v) is 8.10. The van der Waals surface area contributed by atoms with Crippen molar-refractivity contribution in [2.75, 3.05) is 13.2 Å². The molecule has 0 aliphatic rings. The maximum absolute atomic E-state index is 6.42. The summed E-state index contributed by atoms with van der Waals surface area (Å²) < 4.78 is 5.48. The minimum Gasteiger partial charge on any atom is -0.492 e. The van der Waals surface area contributed by atoms with Gasteiger partial charge in [0.15, 0.2) is 0 Å². The van der Waals surface area contributed by atoms with E-state index in [2.05, 4.69) is 26.1 Å². The summed E-state index contributed by atoms with van der Waals surface area (Å²) in [5, 5.41) is 4.89. The Morgan fingerprint density at radius 1 is 1.15 bits per heavy atom. The molecule has 4 heteroatoms. The summed E-state index contributed by atoms with van der Waals surface area (Å²) in [5.41, 5.74) is 1.06. The van der Waals surface area contributed by atoms with Crippen LogP contribution in [0.25, 0.3) is 0 Å². The standard InChI is InChI=1S/C16H25Cl2NO/c1-5-7-19-15(8-11(3)4)12-9-14(18)16(20-6-2)10-13(12)17/h9-11,15,19H,5-8H2,1-4H3. The second-order valence-corrected chi connectivity index (χ2v) is 6.19. The molecule has 0 amide bonds. The maximum atomic E-state index is 6.42. The maximum Gasteiger partial charge on any atom is 0.139 e. The molecule has 0 aliphatic heterocycles. The summed E-state index contributed by atoms with van der Waals surface area (Å²) >= 11 is 12.7. The fraction of sp³-hybridized carbons (Fsp3) is 0.625. The van der Waals surface area contributed by atoms with Crippen LogP contribution < -0.4 is 10.1 Å². The minimum atomic E-state index is 0.232. The van der Waals surface area contributed by atoms with Gasteiger partial charge in [0.2, 0.25) is 0 Å². The van der Waals surface area contributed by atoms with Crippen molar-refractivity contribution in [2.24, 2.45) is 5.92 Å². The molecule has 0 saturated heterocycles. The average molecular weight is 318 g/mol. The zero-order valence-electron chi connectivity index (χ0n) is 12.8. The second kappa shape index (κ2) is 8.76. The SMILES string of the molecule is CCCNC(CC(C)C)c1cc(Cl)c(OCC)cc1Cl. The lowest BCUT2D eigenvalue weighted by atomic mass is 9.96. The molecular formula is C16H25Cl2NO. The van der Waals surface area contributed by atoms with E-state index in [0.29, 0.717) is 28.3 Å². The van der Waals surface area contributed by atoms with Crippen LogP contribution >= 0.6 is 23.2 Å². The smallest absolute Gasteiger partial charge is 0.139 e. The fourth-order valence-electron chi connectivity index (χ4n) is 2.19. The number of benzene rings is 1. The van der Waals surface area contributed by atoms with E-state index in [1.807, 2.05) is 19.1 Å². The molecule has 1 aromatic rings. The van der Waals surface area contributed by atoms with Crippen molar-refractivity contribution in [3.8, 4) is 5.75 Å². The number of hydrogen-bond acceptors (Lipinski definition) is 2. The summed E-state index contributed by atoms with van der Waals surface area (Å²) in [4.78, 5) is 0. The Morgan fingerprint density at radius 2 is 1.85 bits per heavy atom. The van der Waals surface area contributed by atoms with Gasteiger partial charge in [-0.1, -0.05) is 44.0 Å². The van der Waals surface area contributed by atoms with Crippen molar-refractivity contribution in [3.63, 3.8) is 0 Å². The third-order valence-corrected chi connectivity index (χ3v) is 3.70. The van der Waals surface area contributed by atoms with E-state index in [1.165, 1.54) is 0 Å². The minimum absolute atomic E-state index is 0.232. The summed E-state index contributed by atoms with van der Waals surface area (Å²) in [6.45, 7) is 10.1. The Hall–Kier alpha value is -0.440. The first-order chi connectivity index (χ1) is 9.49. The van der Waals surface area contributed by atoms with Crippen molar-refractivity contribution in [3.05, 3.63) is 27.7 Å². The quantitative estimate of drug-likeness (QED) is 0.685. The summed E-state index contributed by atoms with van der Waals surface area (Å²) in [5.74, 6) is 1.24. The Kier molecular flexibility index (Phi) is 7.71. The topological polar surface area (TPSA) is 21.3 Å². The lowest BCUT2D eigenvalue weighted by Gasteiger charge is -2.23. The molecule has 0 heterocycles. The molecule has 1 unspecified atom stereocenters. The highest BCUT2D eigenvalue weighted by atomic mass is 35.5. The van der Waals surface area contributed by atoms with Gasteiger partial charge < -0.3 is 10.1 Å². The number of rotatable bonds is 8. The van der Waals surface area contributed by atoms with E-state index in [0.717, 1.165) is 24.9 Å². The first kappa shape index (κ1) is 17.6. The van der Waals surface area contributed by atoms with E-state index >= 15 is 0 Å². The Bertz CT molecular complexity index is 421. The zero-order valence-corrected chi connectivity index (χ0v) is 14.3. The van der Waals surface area contributed by atoms with Crippen LogP contribution in [-0.2, 0) is 0 Å². The molecule has 0 fully saturated rings. The van der Waals surface area contributed by atoms with Gasteiger partial charge in [-0.3, -0.25) is 0 Å². The zero-order chi connectivity index (χ0) is 15.1. The molecule has 0 aromatic heterocycles. The van der Waals surface area contributed by atoms with Crippen molar-refractivity contribution in [1.29, 1.82) is 0 Å². The van der Waals surface area contributed by atoms with Crippen LogP contribution in [-0.4, -0.2) is 13.2 Å². The molecule has 1 aromatic carbocycles. The van der Waals surface area contributed by atoms with Crippen LogP contribution in [0.1, 0.15) is 52.1 Å². The van der Waals surface area contributed by atoms with Gasteiger partial charge in [0.1, 0.15) is 5.75 Å². The van der Waals surface area contributed by atoms with Crippen LogP contribution in [0.2, 0.25) is 10.0 Å². The van der Waals surface area contributed by atoms with E-state index in [4.69, 9.17) is 27.9 Å². The van der Waals surface area contributed by atoms with Crippen molar-refractivity contribution < 1.29 is 4.74 Å². The van der Waals surface area contributed by atoms with Gasteiger partial charge in [-0.15, -0.1) is 0 Å². The Balaban J connectivity index is 3.02. The van der Waals surface area contributed by atoms with Gasteiger partial charge in [0.05, 0.1) is 11.6 Å². The highest BCUT2D eigenvalue weighted by molar-refractivity contribution is 6.34. The van der Waals surface area contributed by atoms with Crippen molar-refractivity contribution >= 4 is 23.2 Å². The first-order valence-electron chi connectivity index (χ1n) is 7.34. The van der Waals surface area contributed by atoms with E-state index in [-0.39, 0.29) is 6.04 Å². The largest absolute Gasteiger partial charge is 0.492 e. The average Bonchev–Trinajstić information content (AvgIpc) is 2.38. The van der Waals surface area contributed by atoms with Gasteiger partial charge in [-0.2, -0.15) is 0 Å². The monoisotopic (exact) mass is 317 g/mol. The predicted octanol–water partition coefficient (Wildman–Crippen LogP) is 5.48. The molecule has 0 saturated carbocycles. The summed E-state index contributed by atoms with van der Waals surface area (Å²) in [7, 11) is 0. The van der Waals surface area contributed by atoms with Crippen molar-refractivity contribution in [1.82, 2.24) is 5.32 Å². The second-order valence-electron chi connectivity index (χ2n) is 5.37. The van der Waals surface area contributed by atoms with Crippen LogP contribution in [0.4, 0.5) is 0 Å². The summed E-state index contributed by atoms with van der Waals surface area (Å²) in [6.07, 6.45) is 2.13. The van der Waals surface area contributed by atoms with Gasteiger partial charge in [-0.05, 0) is 43.9 Å². The molecule has 0 aliphatic carbocycles. The summed E-state index contributed by atoms with van der Waals surface area (Å²) in [6, 6.07) is 3.99. The lowest BCUT2D eigenvalue weighted by molar-refractivity contribution is 0.340. The molecule has 1 N–H and O–H groups in total. The highest BCUT2D eigenvalue weighted by Gasteiger charge is 2.18. The van der Waals surface area contributed by atoms with Gasteiger partial charge >= 0.3 is 0 Å². The van der Waals surface area contributed by atoms with E-state index in [9.17, 15) is 0 Å². The Morgan fingerprint density at radius 3 is 2.40 bits per heavy atom. The third-order valence-electron chi connectivity index (χ3n) is 3.07. The number of hydrogen-bond donors (Lipinski definition) is 1. The fourth-order valence-corrected chi connectivity index (χ4v) is 2.70. The molecule has 0 bridgehead atoms. The number of nitrogens with one attached hydrogen (secondary N) is 1. The molecule has 1 atom stereocenters. The molecular weight excluding hydrogens is 293 g/mol. The Labute approximate surface area is 132 Å². The van der Waals surface area contributed by atoms with Crippen molar-refractivity contribution in [2.45, 2.75) is 46.6 Å². The number of ether oxygens (including phenoxy) is 1. The van der Waals surface area contributed by atoms with E-state index in [1.54, 1.807) is 0 Å². The lowest BCUT2D eigenvalue weighted by Crippen LogP contribution is -2.24. The van der Waals surface area contributed by atoms with Gasteiger partial charge in [-0.25, -0.2) is 0 Å². The molecule has 1 rings (SSSR count). The van der Waals surface area contributed by atoms with Crippen LogP contribution in [0.5, 0.6) is 5.75 Å². The van der Waals surface area contributed by atoms with Gasteiger partial charge in [0, 0.05) is 17.1 Å². The van der Waals surface area contributed by atoms with Crippen LogP contribution in [0.15, 0.2) is 12.1 Å². The predicted molar refractivity (Wildman–Crippen MR) is 88.1 cm³/mol.